The van der Waals surface area contributed by atoms with Crippen LogP contribution < -0.4 is 10.2 Å². The van der Waals surface area contributed by atoms with E-state index in [0.717, 1.165) is 32.9 Å². The number of halogens is 2. The summed E-state index contributed by atoms with van der Waals surface area (Å²) in [6, 6.07) is 23.4. The summed E-state index contributed by atoms with van der Waals surface area (Å²) in [5.74, 6) is 1.59. The van der Waals surface area contributed by atoms with Gasteiger partial charge in [0.1, 0.15) is 17.6 Å². The highest BCUT2D eigenvalue weighted by atomic mass is 79.9. The van der Waals surface area contributed by atoms with E-state index in [1.807, 2.05) is 54.6 Å². The van der Waals surface area contributed by atoms with E-state index in [1.54, 1.807) is 6.20 Å². The summed E-state index contributed by atoms with van der Waals surface area (Å²) < 4.78 is 7.42. The molecule has 0 aliphatic carbocycles. The Labute approximate surface area is 205 Å². The fourth-order valence-corrected chi connectivity index (χ4v) is 5.16. The molecule has 0 saturated carbocycles. The predicted molar refractivity (Wildman–Crippen MR) is 136 cm³/mol. The summed E-state index contributed by atoms with van der Waals surface area (Å²) in [4.78, 5) is 6.65. The molecule has 5 rings (SSSR count). The van der Waals surface area contributed by atoms with E-state index in [-0.39, 0.29) is 12.1 Å². The van der Waals surface area contributed by atoms with E-state index >= 15 is 0 Å². The van der Waals surface area contributed by atoms with Gasteiger partial charge in [0.25, 0.3) is 0 Å². The fraction of sp³-hybridized carbons (Fsp3) is 0.120. The van der Waals surface area contributed by atoms with Crippen LogP contribution in [0.4, 0.5) is 5.69 Å². The van der Waals surface area contributed by atoms with Crippen LogP contribution in [-0.2, 0) is 0 Å². The second-order valence-electron chi connectivity index (χ2n) is 7.66. The average Bonchev–Trinajstić information content (AvgIpc) is 3.39. The van der Waals surface area contributed by atoms with E-state index in [4.69, 9.17) is 28.2 Å². The van der Waals surface area contributed by atoms with E-state index in [1.165, 1.54) is 5.56 Å². The molecule has 0 bridgehead atoms. The van der Waals surface area contributed by atoms with Crippen molar-refractivity contribution in [2.75, 3.05) is 4.90 Å². The third kappa shape index (κ3) is 3.94. The molecule has 2 atom stereocenters. The lowest BCUT2D eigenvalue weighted by Crippen LogP contribution is -2.29. The molecule has 1 saturated heterocycles. The van der Waals surface area contributed by atoms with Gasteiger partial charge in [-0.15, -0.1) is 0 Å². The maximum absolute atomic E-state index is 6.42. The average molecular weight is 525 g/mol. The number of benzene rings is 2. The number of thiocarbonyl (C=S) groups is 1. The normalized spacial score (nSPS) is 18.1. The van der Waals surface area contributed by atoms with Gasteiger partial charge in [0, 0.05) is 26.9 Å². The third-order valence-electron chi connectivity index (χ3n) is 5.51. The summed E-state index contributed by atoms with van der Waals surface area (Å²) in [6.45, 7) is 2.06. The van der Waals surface area contributed by atoms with Crippen LogP contribution in [-0.4, -0.2) is 10.1 Å². The Bertz CT molecular complexity index is 1280. The van der Waals surface area contributed by atoms with Crippen molar-refractivity contribution in [1.29, 1.82) is 0 Å². The minimum absolute atomic E-state index is 0.167. The molecule has 2 aromatic heterocycles. The van der Waals surface area contributed by atoms with Crippen molar-refractivity contribution in [2.24, 2.45) is 0 Å². The van der Waals surface area contributed by atoms with E-state index in [2.05, 4.69) is 56.3 Å². The molecule has 160 valence electrons. The smallest absolute Gasteiger partial charge is 0.174 e. The summed E-state index contributed by atoms with van der Waals surface area (Å²) in [5, 5.41) is 4.73. The maximum Gasteiger partial charge on any atom is 0.174 e. The topological polar surface area (TPSA) is 41.3 Å². The number of nitrogens with one attached hydrogen (secondary N) is 1. The Balaban J connectivity index is 1.60. The summed E-state index contributed by atoms with van der Waals surface area (Å²) >= 11 is 15.5. The molecule has 1 aliphatic heterocycles. The lowest BCUT2D eigenvalue weighted by Gasteiger charge is -2.26. The molecule has 4 aromatic rings. The Morgan fingerprint density at radius 3 is 2.59 bits per heavy atom. The largest absolute Gasteiger partial charge is 0.459 e. The van der Waals surface area contributed by atoms with Crippen LogP contribution in [0.1, 0.15) is 29.1 Å². The lowest BCUT2D eigenvalue weighted by atomic mass is 10.0. The van der Waals surface area contributed by atoms with Crippen LogP contribution in [0.25, 0.3) is 11.3 Å². The SMILES string of the molecule is Cc1ccc(-c2ccc(C3C(c4ccccn4)NC(=S)N3c3ccc(Cl)cc3)o2)c(Br)c1. The van der Waals surface area contributed by atoms with E-state index in [0.29, 0.717) is 10.1 Å². The minimum Gasteiger partial charge on any atom is -0.459 e. The van der Waals surface area contributed by atoms with Crippen molar-refractivity contribution < 1.29 is 4.42 Å². The van der Waals surface area contributed by atoms with Crippen molar-refractivity contribution in [1.82, 2.24) is 10.3 Å². The molecule has 2 unspecified atom stereocenters. The molecule has 3 heterocycles. The lowest BCUT2D eigenvalue weighted by molar-refractivity contribution is 0.439. The molecule has 0 radical (unpaired) electrons. The molecule has 4 nitrogen and oxygen atoms in total. The van der Waals surface area contributed by atoms with Gasteiger partial charge in [-0.1, -0.05) is 39.7 Å². The van der Waals surface area contributed by atoms with Gasteiger partial charge in [-0.25, -0.2) is 0 Å². The minimum atomic E-state index is -0.212. The standard InChI is InChI=1S/C25H19BrClN3OS/c1-15-5-10-18(19(26)14-15)21-11-12-22(31-21)24-23(20-4-2-3-13-28-20)29-25(32)30(24)17-8-6-16(27)7-9-17/h2-14,23-24H,1H3,(H,29,32). The first-order valence-corrected chi connectivity index (χ1v) is 11.7. The molecule has 1 aliphatic rings. The van der Waals surface area contributed by atoms with Crippen molar-refractivity contribution in [3.63, 3.8) is 0 Å². The van der Waals surface area contributed by atoms with Crippen LogP contribution in [0.15, 0.2) is 87.9 Å². The van der Waals surface area contributed by atoms with Gasteiger partial charge in [-0.2, -0.15) is 0 Å². The number of furan rings is 1. The van der Waals surface area contributed by atoms with Crippen molar-refractivity contribution in [3.8, 4) is 11.3 Å². The number of aryl methyl sites for hydroxylation is 1. The van der Waals surface area contributed by atoms with Crippen LogP contribution in [0.3, 0.4) is 0 Å². The van der Waals surface area contributed by atoms with Crippen LogP contribution >= 0.6 is 39.7 Å². The van der Waals surface area contributed by atoms with Gasteiger partial charge >= 0.3 is 0 Å². The number of nitrogens with zero attached hydrogens (tertiary/aromatic N) is 2. The monoisotopic (exact) mass is 523 g/mol. The Kier molecular flexibility index (Phi) is 5.76. The number of hydrogen-bond donors (Lipinski definition) is 1. The number of anilines is 1. The van der Waals surface area contributed by atoms with Crippen molar-refractivity contribution in [3.05, 3.63) is 106 Å². The van der Waals surface area contributed by atoms with Crippen molar-refractivity contribution >= 4 is 50.5 Å². The van der Waals surface area contributed by atoms with Crippen molar-refractivity contribution in [2.45, 2.75) is 19.0 Å². The molecule has 1 fully saturated rings. The predicted octanol–water partition coefficient (Wildman–Crippen LogP) is 7.24. The van der Waals surface area contributed by atoms with Gasteiger partial charge in [0.05, 0.1) is 11.7 Å². The number of hydrogen-bond acceptors (Lipinski definition) is 3. The zero-order valence-electron chi connectivity index (χ0n) is 17.1. The van der Waals surface area contributed by atoms with Gasteiger partial charge in [0.2, 0.25) is 0 Å². The molecule has 32 heavy (non-hydrogen) atoms. The highest BCUT2D eigenvalue weighted by Gasteiger charge is 2.42. The second-order valence-corrected chi connectivity index (χ2v) is 9.34. The van der Waals surface area contributed by atoms with Gasteiger partial charge in [-0.05, 0) is 85.4 Å². The maximum atomic E-state index is 6.42. The Morgan fingerprint density at radius 2 is 1.88 bits per heavy atom. The van der Waals surface area contributed by atoms with Gasteiger partial charge < -0.3 is 14.6 Å². The van der Waals surface area contributed by atoms with E-state index in [9.17, 15) is 0 Å². The molecule has 2 aromatic carbocycles. The molecule has 7 heteroatoms. The van der Waals surface area contributed by atoms with Gasteiger partial charge in [0.15, 0.2) is 5.11 Å². The summed E-state index contributed by atoms with van der Waals surface area (Å²) in [7, 11) is 0. The van der Waals surface area contributed by atoms with Crippen LogP contribution in [0.2, 0.25) is 5.02 Å². The summed E-state index contributed by atoms with van der Waals surface area (Å²) in [5.41, 5.74) is 4.01. The quantitative estimate of drug-likeness (QED) is 0.285. The van der Waals surface area contributed by atoms with Gasteiger partial charge in [-0.3, -0.25) is 4.98 Å². The number of rotatable bonds is 4. The molecule has 0 amide bonds. The first-order valence-electron chi connectivity index (χ1n) is 10.1. The summed E-state index contributed by atoms with van der Waals surface area (Å²) in [6.07, 6.45) is 1.79. The van der Waals surface area contributed by atoms with E-state index < -0.39 is 0 Å². The van der Waals surface area contributed by atoms with Crippen LogP contribution in [0, 0.1) is 6.92 Å². The molecule has 0 spiro atoms. The fourth-order valence-electron chi connectivity index (χ4n) is 4.00. The van der Waals surface area contributed by atoms with Crippen LogP contribution in [0.5, 0.6) is 0 Å². The number of aromatic nitrogens is 1. The third-order valence-corrected chi connectivity index (χ3v) is 6.73. The number of pyridine rings is 1. The highest BCUT2D eigenvalue weighted by Crippen LogP contribution is 2.43. The first-order chi connectivity index (χ1) is 15.5. The molecular weight excluding hydrogens is 506 g/mol. The second kappa shape index (κ2) is 8.70. The highest BCUT2D eigenvalue weighted by molar-refractivity contribution is 9.10. The zero-order chi connectivity index (χ0) is 22.2. The zero-order valence-corrected chi connectivity index (χ0v) is 20.3. The Morgan fingerprint density at radius 1 is 1.06 bits per heavy atom. The first kappa shape index (κ1) is 21.2. The molecular formula is C25H19BrClN3OS. The Hall–Kier alpha value is -2.67. The molecule has 1 N–H and O–H groups in total.